The maximum absolute atomic E-state index is 13.1. The van der Waals surface area contributed by atoms with Gasteiger partial charge in [-0.3, -0.25) is 4.90 Å². The molecule has 1 aromatic heterocycles. The van der Waals surface area contributed by atoms with Gasteiger partial charge in [0.1, 0.15) is 18.0 Å². The number of aromatic nitrogens is 1. The van der Waals surface area contributed by atoms with Gasteiger partial charge in [0.2, 0.25) is 0 Å². The fourth-order valence-corrected chi connectivity index (χ4v) is 3.78. The first-order chi connectivity index (χ1) is 15.8. The van der Waals surface area contributed by atoms with Crippen molar-refractivity contribution in [3.63, 3.8) is 0 Å². The Morgan fingerprint density at radius 1 is 1.03 bits per heavy atom. The molecule has 0 radical (unpaired) electrons. The highest BCUT2D eigenvalue weighted by Crippen LogP contribution is 2.32. The van der Waals surface area contributed by atoms with E-state index in [1.165, 1.54) is 16.7 Å². The minimum absolute atomic E-state index is 0.248. The number of rotatable bonds is 6. The molecule has 2 heterocycles. The van der Waals surface area contributed by atoms with Crippen molar-refractivity contribution in [2.45, 2.75) is 25.4 Å². The van der Waals surface area contributed by atoms with E-state index in [0.717, 1.165) is 17.7 Å². The summed E-state index contributed by atoms with van der Waals surface area (Å²) in [5.41, 5.74) is 0.0722. The van der Waals surface area contributed by atoms with Crippen LogP contribution in [0.5, 0.6) is 11.5 Å². The summed E-state index contributed by atoms with van der Waals surface area (Å²) in [7, 11) is 0. The summed E-state index contributed by atoms with van der Waals surface area (Å²) in [4.78, 5) is 14.4. The van der Waals surface area contributed by atoms with E-state index < -0.39 is 23.9 Å². The SMILES string of the molecule is C=CCC1C(=O)[n+]2ccccc2N(Cc2ccc(Oc3ccc(C(F)(F)F)cc3)cc2)C1[O-]. The van der Waals surface area contributed by atoms with Gasteiger partial charge in [0.05, 0.1) is 17.7 Å². The third-order valence-electron chi connectivity index (χ3n) is 5.45. The van der Waals surface area contributed by atoms with Crippen molar-refractivity contribution in [2.24, 2.45) is 5.92 Å². The molecular weight excluding hydrogens is 433 g/mol. The lowest BCUT2D eigenvalue weighted by atomic mass is 9.98. The van der Waals surface area contributed by atoms with Crippen LogP contribution in [0.2, 0.25) is 0 Å². The molecule has 3 aromatic rings. The normalized spacial score (nSPS) is 18.1. The molecule has 170 valence electrons. The van der Waals surface area contributed by atoms with E-state index in [9.17, 15) is 23.1 Å². The van der Waals surface area contributed by atoms with Crippen molar-refractivity contribution in [2.75, 3.05) is 4.90 Å². The number of pyridine rings is 1. The maximum atomic E-state index is 13.1. The molecular formula is C25H21F3N2O3. The third kappa shape index (κ3) is 4.75. The molecule has 0 amide bonds. The van der Waals surface area contributed by atoms with Crippen LogP contribution in [0, 0.1) is 5.92 Å². The van der Waals surface area contributed by atoms with Gasteiger partial charge in [-0.25, -0.2) is 4.79 Å². The molecule has 2 atom stereocenters. The van der Waals surface area contributed by atoms with E-state index in [2.05, 4.69) is 6.58 Å². The Bertz CT molecular complexity index is 1140. The minimum atomic E-state index is -4.40. The highest BCUT2D eigenvalue weighted by molar-refractivity contribution is 5.74. The Morgan fingerprint density at radius 2 is 1.67 bits per heavy atom. The average molecular weight is 454 g/mol. The minimum Gasteiger partial charge on any atom is -0.817 e. The van der Waals surface area contributed by atoms with Crippen LogP contribution >= 0.6 is 0 Å². The Kier molecular flexibility index (Phi) is 6.20. The molecule has 33 heavy (non-hydrogen) atoms. The molecule has 0 saturated carbocycles. The number of alkyl halides is 3. The number of hydrogen-bond acceptors (Lipinski definition) is 4. The van der Waals surface area contributed by atoms with Crippen molar-refractivity contribution in [1.29, 1.82) is 0 Å². The predicted octanol–water partition coefficient (Wildman–Crippen LogP) is 4.32. The number of ether oxygens (including phenoxy) is 1. The topological polar surface area (TPSA) is 56.5 Å². The monoisotopic (exact) mass is 454 g/mol. The Balaban J connectivity index is 1.51. The summed E-state index contributed by atoms with van der Waals surface area (Å²) in [5.74, 6) is 0.257. The van der Waals surface area contributed by atoms with Gasteiger partial charge in [-0.2, -0.15) is 17.7 Å². The lowest BCUT2D eigenvalue weighted by molar-refractivity contribution is -0.582. The Labute approximate surface area is 189 Å². The zero-order chi connectivity index (χ0) is 23.6. The van der Waals surface area contributed by atoms with Gasteiger partial charge in [-0.1, -0.05) is 24.3 Å². The molecule has 0 saturated heterocycles. The van der Waals surface area contributed by atoms with Gasteiger partial charge in [0, 0.05) is 12.3 Å². The van der Waals surface area contributed by atoms with Gasteiger partial charge in [-0.15, -0.1) is 6.58 Å². The highest BCUT2D eigenvalue weighted by Gasteiger charge is 2.40. The van der Waals surface area contributed by atoms with Crippen molar-refractivity contribution >= 4 is 11.7 Å². The van der Waals surface area contributed by atoms with E-state index in [1.54, 1.807) is 59.6 Å². The van der Waals surface area contributed by atoms with E-state index in [1.807, 2.05) is 0 Å². The first-order valence-corrected chi connectivity index (χ1v) is 10.3. The van der Waals surface area contributed by atoms with Crippen molar-refractivity contribution < 1.29 is 32.4 Å². The number of allylic oxidation sites excluding steroid dienone is 1. The van der Waals surface area contributed by atoms with Crippen molar-refractivity contribution in [1.82, 2.24) is 0 Å². The number of hydrogen-bond donors (Lipinski definition) is 0. The van der Waals surface area contributed by atoms with E-state index >= 15 is 0 Å². The summed E-state index contributed by atoms with van der Waals surface area (Å²) in [6, 6.07) is 16.6. The van der Waals surface area contributed by atoms with Crippen LogP contribution in [0.25, 0.3) is 0 Å². The smallest absolute Gasteiger partial charge is 0.416 e. The molecule has 1 aliphatic rings. The fraction of sp³-hybridized carbons (Fsp3) is 0.200. The fourth-order valence-electron chi connectivity index (χ4n) is 3.78. The van der Waals surface area contributed by atoms with Crippen LogP contribution < -0.4 is 19.3 Å². The van der Waals surface area contributed by atoms with Crippen LogP contribution in [0.15, 0.2) is 85.6 Å². The van der Waals surface area contributed by atoms with E-state index in [-0.39, 0.29) is 24.6 Å². The van der Waals surface area contributed by atoms with Gasteiger partial charge < -0.3 is 9.84 Å². The molecule has 8 heteroatoms. The molecule has 0 aliphatic carbocycles. The number of halogens is 3. The molecule has 0 spiro atoms. The summed E-state index contributed by atoms with van der Waals surface area (Å²) in [6.07, 6.45) is -2.16. The van der Waals surface area contributed by atoms with Crippen LogP contribution in [-0.2, 0) is 12.7 Å². The third-order valence-corrected chi connectivity index (χ3v) is 5.45. The molecule has 2 aromatic carbocycles. The van der Waals surface area contributed by atoms with Gasteiger partial charge in [0.15, 0.2) is 0 Å². The number of fused-ring (bicyclic) bond motifs is 1. The number of carbonyl (C=O) groups excluding carboxylic acids is 1. The first kappa shape index (κ1) is 22.5. The number of benzene rings is 2. The van der Waals surface area contributed by atoms with Gasteiger partial charge >= 0.3 is 12.1 Å². The number of anilines is 1. The standard InChI is InChI=1S/C25H21F3N2O3/c1-2-5-21-23(31)29-15-4-3-6-22(29)30(24(21)32)16-17-7-11-19(12-8-17)33-20-13-9-18(10-14-20)25(26,27)28/h2-4,6-15,21,24H,1,5,16H2. The molecule has 1 aliphatic heterocycles. The summed E-state index contributed by atoms with van der Waals surface area (Å²) in [5, 5.41) is 13.1. The molecule has 5 nitrogen and oxygen atoms in total. The molecule has 2 unspecified atom stereocenters. The summed E-state index contributed by atoms with van der Waals surface area (Å²) in [6.45, 7) is 3.94. The average Bonchev–Trinajstić information content (AvgIpc) is 2.80. The molecule has 4 rings (SSSR count). The maximum Gasteiger partial charge on any atom is 0.416 e. The van der Waals surface area contributed by atoms with Crippen LogP contribution in [0.3, 0.4) is 0 Å². The Morgan fingerprint density at radius 3 is 2.27 bits per heavy atom. The molecule has 0 fully saturated rings. The zero-order valence-electron chi connectivity index (χ0n) is 17.5. The lowest BCUT2D eigenvalue weighted by Crippen LogP contribution is -2.66. The Hall–Kier alpha value is -3.65. The molecule has 0 bridgehead atoms. The van der Waals surface area contributed by atoms with Crippen molar-refractivity contribution in [3.05, 3.63) is 96.7 Å². The second kappa shape index (κ2) is 9.07. The lowest BCUT2D eigenvalue weighted by Gasteiger charge is -2.39. The van der Waals surface area contributed by atoms with Crippen LogP contribution in [0.4, 0.5) is 19.0 Å². The second-order valence-corrected chi connectivity index (χ2v) is 7.68. The zero-order valence-corrected chi connectivity index (χ0v) is 17.5. The van der Waals surface area contributed by atoms with Crippen molar-refractivity contribution in [3.8, 4) is 11.5 Å². The largest absolute Gasteiger partial charge is 0.817 e. The highest BCUT2D eigenvalue weighted by atomic mass is 19.4. The quantitative estimate of drug-likeness (QED) is 0.411. The van der Waals surface area contributed by atoms with Gasteiger partial charge in [-0.05, 0) is 54.4 Å². The second-order valence-electron chi connectivity index (χ2n) is 7.68. The molecule has 0 N–H and O–H groups in total. The van der Waals surface area contributed by atoms with Gasteiger partial charge in [0.25, 0.3) is 5.82 Å². The van der Waals surface area contributed by atoms with E-state index in [0.29, 0.717) is 11.6 Å². The van der Waals surface area contributed by atoms with Crippen LogP contribution in [-0.4, -0.2) is 12.1 Å². The number of carbonyl (C=O) groups is 1. The number of nitrogens with zero attached hydrogens (tertiary/aromatic N) is 2. The predicted molar refractivity (Wildman–Crippen MR) is 113 cm³/mol. The summed E-state index contributed by atoms with van der Waals surface area (Å²) < 4.78 is 45.2. The first-order valence-electron chi connectivity index (χ1n) is 10.3. The summed E-state index contributed by atoms with van der Waals surface area (Å²) >= 11 is 0. The van der Waals surface area contributed by atoms with E-state index in [4.69, 9.17) is 4.74 Å². The van der Waals surface area contributed by atoms with Crippen LogP contribution in [0.1, 0.15) is 22.3 Å².